The van der Waals surface area contributed by atoms with Crippen molar-refractivity contribution in [3.63, 3.8) is 0 Å². The minimum Gasteiger partial charge on any atom is -0.481 e. The van der Waals surface area contributed by atoms with Crippen LogP contribution in [0.2, 0.25) is 0 Å². The van der Waals surface area contributed by atoms with Crippen molar-refractivity contribution in [1.82, 2.24) is 0 Å². The van der Waals surface area contributed by atoms with Crippen LogP contribution in [0.15, 0.2) is 11.1 Å². The molecule has 0 spiro atoms. The van der Waals surface area contributed by atoms with Gasteiger partial charge in [0.15, 0.2) is 0 Å². The van der Waals surface area contributed by atoms with Gasteiger partial charge < -0.3 is 5.11 Å². The SMILES string of the molecule is CCCCCCCC/C(CCCC)=C(/CCCC)CCCCCCCC(=O)O. The molecule has 0 fully saturated rings. The van der Waals surface area contributed by atoms with E-state index in [1.807, 2.05) is 0 Å². The highest BCUT2D eigenvalue weighted by Gasteiger charge is 2.08. The van der Waals surface area contributed by atoms with Crippen molar-refractivity contribution < 1.29 is 9.90 Å². The molecule has 0 aliphatic rings. The van der Waals surface area contributed by atoms with Gasteiger partial charge in [-0.25, -0.2) is 0 Å². The summed E-state index contributed by atoms with van der Waals surface area (Å²) >= 11 is 0. The van der Waals surface area contributed by atoms with E-state index in [1.165, 1.54) is 109 Å². The molecule has 1 N–H and O–H groups in total. The first-order valence-electron chi connectivity index (χ1n) is 12.6. The molecule has 0 aliphatic carbocycles. The van der Waals surface area contributed by atoms with Gasteiger partial charge in [0, 0.05) is 6.42 Å². The van der Waals surface area contributed by atoms with Crippen LogP contribution in [0.5, 0.6) is 0 Å². The predicted molar refractivity (Wildman–Crippen MR) is 124 cm³/mol. The van der Waals surface area contributed by atoms with Gasteiger partial charge in [-0.1, -0.05) is 96.1 Å². The smallest absolute Gasteiger partial charge is 0.303 e. The molecule has 0 rings (SSSR count). The predicted octanol–water partition coefficient (Wildman–Crippen LogP) is 9.23. The third-order valence-electron chi connectivity index (χ3n) is 5.87. The number of aliphatic carboxylic acids is 1. The van der Waals surface area contributed by atoms with Crippen LogP contribution in [0.3, 0.4) is 0 Å². The zero-order valence-electron chi connectivity index (χ0n) is 19.5. The highest BCUT2D eigenvalue weighted by Crippen LogP contribution is 2.27. The van der Waals surface area contributed by atoms with E-state index >= 15 is 0 Å². The second kappa shape index (κ2) is 20.9. The van der Waals surface area contributed by atoms with Crippen LogP contribution in [-0.4, -0.2) is 11.1 Å². The van der Waals surface area contributed by atoms with Gasteiger partial charge in [-0.2, -0.15) is 0 Å². The monoisotopic (exact) mass is 394 g/mol. The van der Waals surface area contributed by atoms with Gasteiger partial charge in [0.05, 0.1) is 0 Å². The molecule has 0 aromatic rings. The van der Waals surface area contributed by atoms with Crippen molar-refractivity contribution in [3.8, 4) is 0 Å². The van der Waals surface area contributed by atoms with Crippen molar-refractivity contribution in [3.05, 3.63) is 11.1 Å². The molecule has 166 valence electrons. The summed E-state index contributed by atoms with van der Waals surface area (Å²) in [5.41, 5.74) is 3.59. The molecular weight excluding hydrogens is 344 g/mol. The summed E-state index contributed by atoms with van der Waals surface area (Å²) in [6.45, 7) is 6.91. The van der Waals surface area contributed by atoms with Crippen LogP contribution < -0.4 is 0 Å². The van der Waals surface area contributed by atoms with Gasteiger partial charge in [0.2, 0.25) is 0 Å². The molecule has 0 atom stereocenters. The molecule has 0 heterocycles. The van der Waals surface area contributed by atoms with Gasteiger partial charge in [0.1, 0.15) is 0 Å². The largest absolute Gasteiger partial charge is 0.481 e. The topological polar surface area (TPSA) is 37.3 Å². The summed E-state index contributed by atoms with van der Waals surface area (Å²) in [6.07, 6.45) is 24.8. The van der Waals surface area contributed by atoms with E-state index in [9.17, 15) is 4.79 Å². The summed E-state index contributed by atoms with van der Waals surface area (Å²) in [4.78, 5) is 10.6. The van der Waals surface area contributed by atoms with Crippen LogP contribution in [0.1, 0.15) is 149 Å². The molecule has 0 aromatic carbocycles. The van der Waals surface area contributed by atoms with E-state index in [1.54, 1.807) is 11.1 Å². The third-order valence-corrected chi connectivity index (χ3v) is 5.87. The van der Waals surface area contributed by atoms with Gasteiger partial charge in [-0.15, -0.1) is 0 Å². The molecule has 2 heteroatoms. The molecule has 0 saturated carbocycles. The molecular formula is C26H50O2. The molecule has 0 unspecified atom stereocenters. The van der Waals surface area contributed by atoms with Crippen LogP contribution in [0.4, 0.5) is 0 Å². The summed E-state index contributed by atoms with van der Waals surface area (Å²) in [5.74, 6) is -0.653. The number of carboxylic acid groups (broad SMARTS) is 1. The van der Waals surface area contributed by atoms with Crippen molar-refractivity contribution >= 4 is 5.97 Å². The lowest BCUT2D eigenvalue weighted by Crippen LogP contribution is -1.97. The fourth-order valence-electron chi connectivity index (χ4n) is 4.00. The first-order valence-corrected chi connectivity index (χ1v) is 12.6. The minimum absolute atomic E-state index is 0.334. The number of hydrogen-bond acceptors (Lipinski definition) is 1. The lowest BCUT2D eigenvalue weighted by Gasteiger charge is -2.16. The normalized spacial score (nSPS) is 12.2. The van der Waals surface area contributed by atoms with E-state index in [0.29, 0.717) is 6.42 Å². The maximum atomic E-state index is 10.6. The lowest BCUT2D eigenvalue weighted by molar-refractivity contribution is -0.137. The lowest BCUT2D eigenvalue weighted by atomic mass is 9.90. The van der Waals surface area contributed by atoms with E-state index in [2.05, 4.69) is 20.8 Å². The standard InChI is InChI=1S/C26H50O2/c1-4-7-10-11-13-16-21-24(19-8-5-2)25(20-9-6-3)22-17-14-12-15-18-23-26(27)28/h4-23H2,1-3H3,(H,27,28)/b25-24-. The summed E-state index contributed by atoms with van der Waals surface area (Å²) in [6, 6.07) is 0. The maximum absolute atomic E-state index is 10.6. The van der Waals surface area contributed by atoms with Crippen LogP contribution >= 0.6 is 0 Å². The molecule has 0 saturated heterocycles. The van der Waals surface area contributed by atoms with Gasteiger partial charge >= 0.3 is 5.97 Å². The van der Waals surface area contributed by atoms with Crippen molar-refractivity contribution in [2.24, 2.45) is 0 Å². The Bertz CT molecular complexity index is 384. The molecule has 28 heavy (non-hydrogen) atoms. The number of carbonyl (C=O) groups is 1. The van der Waals surface area contributed by atoms with Crippen LogP contribution in [0.25, 0.3) is 0 Å². The third kappa shape index (κ3) is 17.3. The van der Waals surface area contributed by atoms with Crippen molar-refractivity contribution in [2.75, 3.05) is 0 Å². The Labute approximate surface area is 176 Å². The average Bonchev–Trinajstić information content (AvgIpc) is 2.68. The summed E-state index contributed by atoms with van der Waals surface area (Å²) in [7, 11) is 0. The number of carboxylic acids is 1. The van der Waals surface area contributed by atoms with E-state index in [0.717, 1.165) is 12.8 Å². The Morgan fingerprint density at radius 1 is 0.464 bits per heavy atom. The first kappa shape index (κ1) is 27.2. The van der Waals surface area contributed by atoms with Gasteiger partial charge in [-0.05, 0) is 57.8 Å². The highest BCUT2D eigenvalue weighted by molar-refractivity contribution is 5.66. The fraction of sp³-hybridized carbons (Fsp3) is 0.885. The van der Waals surface area contributed by atoms with Crippen LogP contribution in [0, 0.1) is 0 Å². The number of allylic oxidation sites excluding steroid dienone is 2. The minimum atomic E-state index is -0.653. The molecule has 0 aliphatic heterocycles. The molecule has 0 amide bonds. The Morgan fingerprint density at radius 3 is 1.18 bits per heavy atom. The second-order valence-electron chi connectivity index (χ2n) is 8.59. The Hall–Kier alpha value is -0.790. The first-order chi connectivity index (χ1) is 13.7. The maximum Gasteiger partial charge on any atom is 0.303 e. The number of unbranched alkanes of at least 4 members (excludes halogenated alkanes) is 11. The van der Waals surface area contributed by atoms with E-state index < -0.39 is 5.97 Å². The van der Waals surface area contributed by atoms with Crippen molar-refractivity contribution in [2.45, 2.75) is 149 Å². The van der Waals surface area contributed by atoms with Crippen LogP contribution in [-0.2, 0) is 4.79 Å². The quantitative estimate of drug-likeness (QED) is 0.155. The van der Waals surface area contributed by atoms with Crippen molar-refractivity contribution in [1.29, 1.82) is 0 Å². The second-order valence-corrected chi connectivity index (χ2v) is 8.59. The summed E-state index contributed by atoms with van der Waals surface area (Å²) in [5, 5.41) is 8.73. The molecule has 0 radical (unpaired) electrons. The molecule has 2 nitrogen and oxygen atoms in total. The zero-order chi connectivity index (χ0) is 20.9. The molecule has 0 aromatic heterocycles. The number of rotatable bonds is 21. The molecule has 0 bridgehead atoms. The average molecular weight is 395 g/mol. The Balaban J connectivity index is 4.46. The van der Waals surface area contributed by atoms with E-state index in [4.69, 9.17) is 5.11 Å². The number of hydrogen-bond donors (Lipinski definition) is 1. The highest BCUT2D eigenvalue weighted by atomic mass is 16.4. The zero-order valence-corrected chi connectivity index (χ0v) is 19.5. The summed E-state index contributed by atoms with van der Waals surface area (Å²) < 4.78 is 0. The Kier molecular flexibility index (Phi) is 20.3. The van der Waals surface area contributed by atoms with Gasteiger partial charge in [-0.3, -0.25) is 4.79 Å². The van der Waals surface area contributed by atoms with E-state index in [-0.39, 0.29) is 0 Å². The van der Waals surface area contributed by atoms with Gasteiger partial charge in [0.25, 0.3) is 0 Å². The Morgan fingerprint density at radius 2 is 0.786 bits per heavy atom. The fourth-order valence-corrected chi connectivity index (χ4v) is 4.00.